The average molecular weight is 491 g/mol. The summed E-state index contributed by atoms with van der Waals surface area (Å²) >= 11 is 1.20. The number of hydrogen-bond acceptors (Lipinski definition) is 7. The van der Waals surface area contributed by atoms with E-state index in [1.54, 1.807) is 29.8 Å². The maximum atomic E-state index is 13.0. The molecule has 1 atom stereocenters. The van der Waals surface area contributed by atoms with Gasteiger partial charge in [0.05, 0.1) is 17.7 Å². The van der Waals surface area contributed by atoms with Gasteiger partial charge in [-0.25, -0.2) is 18.2 Å². The van der Waals surface area contributed by atoms with Crippen LogP contribution in [0.2, 0.25) is 0 Å². The van der Waals surface area contributed by atoms with Crippen LogP contribution in [-0.4, -0.2) is 43.4 Å². The fourth-order valence-electron chi connectivity index (χ4n) is 3.08. The van der Waals surface area contributed by atoms with E-state index in [0.29, 0.717) is 22.8 Å². The number of aromatic amines is 1. The fourth-order valence-corrected chi connectivity index (χ4v) is 5.01. The first kappa shape index (κ1) is 24.6. The number of sulfonamides is 1. The topological polar surface area (TPSA) is 130 Å². The van der Waals surface area contributed by atoms with Gasteiger partial charge in [-0.1, -0.05) is 31.5 Å². The summed E-state index contributed by atoms with van der Waals surface area (Å²) in [5, 5.41) is 4.75. The van der Waals surface area contributed by atoms with Gasteiger partial charge in [-0.15, -0.1) is 11.3 Å². The molecule has 2 heterocycles. The van der Waals surface area contributed by atoms with Crippen molar-refractivity contribution in [1.29, 1.82) is 0 Å². The van der Waals surface area contributed by atoms with Crippen molar-refractivity contribution in [3.05, 3.63) is 53.2 Å². The fraction of sp³-hybridized carbons (Fsp3) is 0.318. The van der Waals surface area contributed by atoms with E-state index in [0.717, 1.165) is 5.56 Å². The van der Waals surface area contributed by atoms with Crippen LogP contribution < -0.4 is 10.0 Å². The first-order chi connectivity index (χ1) is 15.6. The Balaban J connectivity index is 1.75. The Labute approximate surface area is 196 Å². The first-order valence-corrected chi connectivity index (χ1v) is 12.6. The predicted molar refractivity (Wildman–Crippen MR) is 127 cm³/mol. The van der Waals surface area contributed by atoms with Crippen molar-refractivity contribution >= 4 is 38.4 Å². The van der Waals surface area contributed by atoms with E-state index in [1.807, 2.05) is 20.8 Å². The van der Waals surface area contributed by atoms with Crippen LogP contribution in [0.25, 0.3) is 11.3 Å². The van der Waals surface area contributed by atoms with Crippen LogP contribution in [0, 0.1) is 12.8 Å². The molecule has 1 amide bonds. The smallest absolute Gasteiger partial charge is 0.354 e. The third-order valence-electron chi connectivity index (χ3n) is 4.77. The number of thiazole rings is 1. The number of hydrogen-bond donors (Lipinski definition) is 3. The molecule has 176 valence electrons. The van der Waals surface area contributed by atoms with E-state index < -0.39 is 27.9 Å². The molecule has 0 bridgehead atoms. The number of benzene rings is 1. The molecule has 1 unspecified atom stereocenters. The van der Waals surface area contributed by atoms with E-state index in [1.165, 1.54) is 30.6 Å². The van der Waals surface area contributed by atoms with E-state index >= 15 is 0 Å². The van der Waals surface area contributed by atoms with Crippen LogP contribution in [0.3, 0.4) is 0 Å². The van der Waals surface area contributed by atoms with Gasteiger partial charge in [0, 0.05) is 17.1 Å². The standard InChI is InChI=1S/C22H26N4O5S2/c1-13(2)9-17(26-33(29,30)16-7-5-14(3)6-8-16)20(27)25-22-24-19(12-32-22)15-10-18(23-11-15)21(28)31-4/h5-8,10-13,17,23,26H,9H2,1-4H3,(H,24,25,27). The Morgan fingerprint density at radius 2 is 1.91 bits per heavy atom. The number of methoxy groups -OCH3 is 1. The van der Waals surface area contributed by atoms with Crippen LogP contribution in [0.4, 0.5) is 5.13 Å². The Morgan fingerprint density at radius 3 is 2.55 bits per heavy atom. The summed E-state index contributed by atoms with van der Waals surface area (Å²) in [4.78, 5) is 31.9. The second-order valence-electron chi connectivity index (χ2n) is 7.94. The number of esters is 1. The number of ether oxygens (including phenoxy) is 1. The molecule has 3 rings (SSSR count). The number of amides is 1. The lowest BCUT2D eigenvalue weighted by Crippen LogP contribution is -2.44. The summed E-state index contributed by atoms with van der Waals surface area (Å²) in [7, 11) is -2.59. The van der Waals surface area contributed by atoms with Gasteiger partial charge in [-0.05, 0) is 37.5 Å². The molecule has 0 fully saturated rings. The van der Waals surface area contributed by atoms with E-state index in [-0.39, 0.29) is 16.5 Å². The first-order valence-electron chi connectivity index (χ1n) is 10.2. The summed E-state index contributed by atoms with van der Waals surface area (Å²) in [5.41, 5.74) is 2.44. The molecule has 0 spiro atoms. The largest absolute Gasteiger partial charge is 0.464 e. The van der Waals surface area contributed by atoms with Crippen molar-refractivity contribution in [1.82, 2.24) is 14.7 Å². The number of aryl methyl sites for hydroxylation is 1. The number of nitrogens with zero attached hydrogens (tertiary/aromatic N) is 1. The lowest BCUT2D eigenvalue weighted by molar-refractivity contribution is -0.118. The number of carbonyl (C=O) groups excluding carboxylic acids is 2. The highest BCUT2D eigenvalue weighted by atomic mass is 32.2. The number of anilines is 1. The Morgan fingerprint density at radius 1 is 1.21 bits per heavy atom. The molecule has 0 aliphatic rings. The molecule has 1 aromatic carbocycles. The zero-order valence-electron chi connectivity index (χ0n) is 18.7. The van der Waals surface area contributed by atoms with E-state index in [4.69, 9.17) is 0 Å². The van der Waals surface area contributed by atoms with Gasteiger partial charge in [0.15, 0.2) is 5.13 Å². The Kier molecular flexibility index (Phi) is 7.67. The van der Waals surface area contributed by atoms with Gasteiger partial charge in [0.1, 0.15) is 11.7 Å². The summed E-state index contributed by atoms with van der Waals surface area (Å²) in [6.07, 6.45) is 1.93. The molecule has 9 nitrogen and oxygen atoms in total. The SMILES string of the molecule is COC(=O)c1cc(-c2csc(NC(=O)C(CC(C)C)NS(=O)(=O)c3ccc(C)cc3)n2)c[nH]1. The zero-order valence-corrected chi connectivity index (χ0v) is 20.3. The number of aromatic nitrogens is 2. The van der Waals surface area contributed by atoms with Gasteiger partial charge in [-0.2, -0.15) is 4.72 Å². The maximum absolute atomic E-state index is 13.0. The molecule has 0 radical (unpaired) electrons. The highest BCUT2D eigenvalue weighted by Crippen LogP contribution is 2.26. The minimum atomic E-state index is -3.88. The summed E-state index contributed by atoms with van der Waals surface area (Å²) in [5.74, 6) is -0.920. The van der Waals surface area contributed by atoms with E-state index in [9.17, 15) is 18.0 Å². The van der Waals surface area contributed by atoms with Crippen LogP contribution in [0.5, 0.6) is 0 Å². The number of carbonyl (C=O) groups is 2. The van der Waals surface area contributed by atoms with Crippen molar-refractivity contribution in [3.8, 4) is 11.3 Å². The zero-order chi connectivity index (χ0) is 24.2. The third kappa shape index (κ3) is 6.28. The molecule has 2 aromatic heterocycles. The minimum absolute atomic E-state index is 0.0740. The molecule has 11 heteroatoms. The Hall–Kier alpha value is -3.02. The van der Waals surface area contributed by atoms with Crippen molar-refractivity contribution in [2.45, 2.75) is 38.1 Å². The molecule has 0 saturated heterocycles. The third-order valence-corrected chi connectivity index (χ3v) is 7.02. The van der Waals surface area contributed by atoms with Gasteiger partial charge in [0.25, 0.3) is 0 Å². The van der Waals surface area contributed by atoms with Crippen molar-refractivity contribution in [2.24, 2.45) is 5.92 Å². The number of nitrogens with one attached hydrogen (secondary N) is 3. The van der Waals surface area contributed by atoms with Crippen molar-refractivity contribution in [3.63, 3.8) is 0 Å². The lowest BCUT2D eigenvalue weighted by Gasteiger charge is -2.19. The molecule has 3 N–H and O–H groups in total. The molecule has 0 saturated carbocycles. The maximum Gasteiger partial charge on any atom is 0.354 e. The molecule has 0 aliphatic heterocycles. The normalized spacial score (nSPS) is 12.5. The highest BCUT2D eigenvalue weighted by molar-refractivity contribution is 7.89. The van der Waals surface area contributed by atoms with Gasteiger partial charge < -0.3 is 15.0 Å². The highest BCUT2D eigenvalue weighted by Gasteiger charge is 2.27. The van der Waals surface area contributed by atoms with Gasteiger partial charge in [-0.3, -0.25) is 4.79 Å². The number of H-pyrrole nitrogens is 1. The van der Waals surface area contributed by atoms with Crippen molar-refractivity contribution in [2.75, 3.05) is 12.4 Å². The summed E-state index contributed by atoms with van der Waals surface area (Å²) < 4.78 is 32.8. The molecule has 33 heavy (non-hydrogen) atoms. The van der Waals surface area contributed by atoms with Gasteiger partial charge >= 0.3 is 5.97 Å². The molecular formula is C22H26N4O5S2. The quantitative estimate of drug-likeness (QED) is 0.393. The number of rotatable bonds is 9. The molecular weight excluding hydrogens is 464 g/mol. The van der Waals surface area contributed by atoms with Gasteiger partial charge in [0.2, 0.25) is 15.9 Å². The second kappa shape index (κ2) is 10.3. The monoisotopic (exact) mass is 490 g/mol. The van der Waals surface area contributed by atoms with E-state index in [2.05, 4.69) is 24.7 Å². The van der Waals surface area contributed by atoms with Crippen LogP contribution >= 0.6 is 11.3 Å². The summed E-state index contributed by atoms with van der Waals surface area (Å²) in [6.45, 7) is 5.68. The average Bonchev–Trinajstić information content (AvgIpc) is 3.42. The molecule has 0 aliphatic carbocycles. The minimum Gasteiger partial charge on any atom is -0.464 e. The van der Waals surface area contributed by atoms with Crippen LogP contribution in [0.1, 0.15) is 36.3 Å². The summed E-state index contributed by atoms with van der Waals surface area (Å²) in [6, 6.07) is 7.06. The van der Waals surface area contributed by atoms with Crippen molar-refractivity contribution < 1.29 is 22.7 Å². The lowest BCUT2D eigenvalue weighted by atomic mass is 10.0. The molecule has 3 aromatic rings. The van der Waals surface area contributed by atoms with Crippen LogP contribution in [-0.2, 0) is 19.6 Å². The predicted octanol–water partition coefficient (Wildman–Crippen LogP) is 3.56. The van der Waals surface area contributed by atoms with Crippen LogP contribution in [0.15, 0.2) is 46.8 Å². The second-order valence-corrected chi connectivity index (χ2v) is 10.5. The Bertz CT molecular complexity index is 1230.